The molecule has 0 radical (unpaired) electrons. The van der Waals surface area contributed by atoms with Crippen LogP contribution >= 0.6 is 11.3 Å². The zero-order chi connectivity index (χ0) is 15.9. The van der Waals surface area contributed by atoms with Crippen molar-refractivity contribution in [2.75, 3.05) is 6.61 Å². The molecule has 0 spiro atoms. The lowest BCUT2D eigenvalue weighted by Gasteiger charge is -2.08. The van der Waals surface area contributed by atoms with Gasteiger partial charge in [0.25, 0.3) is 5.91 Å². The third-order valence-electron chi connectivity index (χ3n) is 3.19. The van der Waals surface area contributed by atoms with Gasteiger partial charge in [-0.25, -0.2) is 4.79 Å². The van der Waals surface area contributed by atoms with Crippen molar-refractivity contribution in [3.63, 3.8) is 0 Å². The Morgan fingerprint density at radius 1 is 1.18 bits per heavy atom. The van der Waals surface area contributed by atoms with E-state index >= 15 is 0 Å². The number of ether oxygens (including phenoxy) is 1. The summed E-state index contributed by atoms with van der Waals surface area (Å²) in [5, 5.41) is 4.66. The van der Waals surface area contributed by atoms with Gasteiger partial charge in [0.1, 0.15) is 0 Å². The molecule has 2 rings (SSSR count). The van der Waals surface area contributed by atoms with Gasteiger partial charge >= 0.3 is 5.97 Å². The summed E-state index contributed by atoms with van der Waals surface area (Å²) in [5.74, 6) is -0.379. The van der Waals surface area contributed by atoms with E-state index in [-0.39, 0.29) is 12.5 Å². The third kappa shape index (κ3) is 4.70. The lowest BCUT2D eigenvalue weighted by atomic mass is 10.0. The molecule has 1 heterocycles. The second kappa shape index (κ2) is 7.75. The summed E-state index contributed by atoms with van der Waals surface area (Å²) >= 11 is 1.57. The van der Waals surface area contributed by atoms with Crippen LogP contribution in [0, 0.1) is 0 Å². The van der Waals surface area contributed by atoms with Crippen LogP contribution in [0.5, 0.6) is 0 Å². The standard InChI is InChI=1S/C17H19NO3S/c1-12(2)13-5-7-14(8-6-13)17(20)21-11-16(19)18-10-15-4-3-9-22-15/h3-9,12H,10-11H2,1-2H3,(H,18,19). The van der Waals surface area contributed by atoms with Crippen LogP contribution < -0.4 is 5.32 Å². The maximum atomic E-state index is 11.9. The van der Waals surface area contributed by atoms with Gasteiger partial charge in [-0.3, -0.25) is 4.79 Å². The van der Waals surface area contributed by atoms with E-state index in [9.17, 15) is 9.59 Å². The van der Waals surface area contributed by atoms with Gasteiger partial charge in [-0.2, -0.15) is 0 Å². The number of benzene rings is 1. The van der Waals surface area contributed by atoms with Gasteiger partial charge in [-0.15, -0.1) is 11.3 Å². The normalized spacial score (nSPS) is 10.5. The van der Waals surface area contributed by atoms with Crippen molar-refractivity contribution < 1.29 is 14.3 Å². The fourth-order valence-corrected chi connectivity index (χ4v) is 2.51. The van der Waals surface area contributed by atoms with Crippen LogP contribution in [-0.2, 0) is 16.1 Å². The molecule has 0 bridgehead atoms. The molecule has 5 heteroatoms. The van der Waals surface area contributed by atoms with E-state index in [1.54, 1.807) is 23.5 Å². The fourth-order valence-electron chi connectivity index (χ4n) is 1.87. The highest BCUT2D eigenvalue weighted by Gasteiger charge is 2.10. The first-order valence-corrected chi connectivity index (χ1v) is 8.00. The van der Waals surface area contributed by atoms with E-state index in [0.29, 0.717) is 18.0 Å². The second-order valence-electron chi connectivity index (χ2n) is 5.21. The Balaban J connectivity index is 1.78. The molecule has 0 fully saturated rings. The highest BCUT2D eigenvalue weighted by atomic mass is 32.1. The number of hydrogen-bond donors (Lipinski definition) is 1. The van der Waals surface area contributed by atoms with Gasteiger partial charge in [-0.05, 0) is 35.1 Å². The van der Waals surface area contributed by atoms with Crippen molar-refractivity contribution in [2.45, 2.75) is 26.3 Å². The van der Waals surface area contributed by atoms with Gasteiger partial charge in [0.2, 0.25) is 0 Å². The van der Waals surface area contributed by atoms with Crippen molar-refractivity contribution in [3.8, 4) is 0 Å². The van der Waals surface area contributed by atoms with Crippen molar-refractivity contribution >= 4 is 23.2 Å². The molecule has 1 amide bonds. The van der Waals surface area contributed by atoms with Crippen LogP contribution in [0.25, 0.3) is 0 Å². The van der Waals surface area contributed by atoms with E-state index in [4.69, 9.17) is 4.74 Å². The van der Waals surface area contributed by atoms with Gasteiger partial charge in [-0.1, -0.05) is 32.0 Å². The summed E-state index contributed by atoms with van der Waals surface area (Å²) in [5.41, 5.74) is 1.61. The van der Waals surface area contributed by atoms with Crippen molar-refractivity contribution in [2.24, 2.45) is 0 Å². The smallest absolute Gasteiger partial charge is 0.338 e. The van der Waals surface area contributed by atoms with Crippen LogP contribution in [-0.4, -0.2) is 18.5 Å². The first kappa shape index (κ1) is 16.2. The molecular weight excluding hydrogens is 298 g/mol. The topological polar surface area (TPSA) is 55.4 Å². The molecule has 0 saturated heterocycles. The Kier molecular flexibility index (Phi) is 5.72. The molecule has 0 saturated carbocycles. The number of carbonyl (C=O) groups is 2. The Morgan fingerprint density at radius 2 is 1.91 bits per heavy atom. The fraction of sp³-hybridized carbons (Fsp3) is 0.294. The highest BCUT2D eigenvalue weighted by molar-refractivity contribution is 7.09. The predicted octanol–water partition coefficient (Wildman–Crippen LogP) is 3.34. The van der Waals surface area contributed by atoms with E-state index in [1.807, 2.05) is 29.6 Å². The molecule has 2 aromatic rings. The first-order chi connectivity index (χ1) is 10.6. The number of nitrogens with one attached hydrogen (secondary N) is 1. The summed E-state index contributed by atoms with van der Waals surface area (Å²) in [6, 6.07) is 11.1. The van der Waals surface area contributed by atoms with Crippen LogP contribution in [0.15, 0.2) is 41.8 Å². The van der Waals surface area contributed by atoms with Crippen molar-refractivity contribution in [3.05, 3.63) is 57.8 Å². The molecule has 1 N–H and O–H groups in total. The van der Waals surface area contributed by atoms with Crippen molar-refractivity contribution in [1.29, 1.82) is 0 Å². The molecule has 0 aliphatic rings. The Hall–Kier alpha value is -2.14. The molecule has 22 heavy (non-hydrogen) atoms. The lowest BCUT2D eigenvalue weighted by molar-refractivity contribution is -0.124. The average molecular weight is 317 g/mol. The SMILES string of the molecule is CC(C)c1ccc(C(=O)OCC(=O)NCc2cccs2)cc1. The summed E-state index contributed by atoms with van der Waals surface area (Å²) < 4.78 is 5.01. The van der Waals surface area contributed by atoms with E-state index in [1.165, 1.54) is 0 Å². The highest BCUT2D eigenvalue weighted by Crippen LogP contribution is 2.15. The summed E-state index contributed by atoms with van der Waals surface area (Å²) in [4.78, 5) is 24.6. The van der Waals surface area contributed by atoms with Crippen LogP contribution in [0.1, 0.15) is 40.6 Å². The molecule has 0 aliphatic carbocycles. The summed E-state index contributed by atoms with van der Waals surface area (Å²) in [7, 11) is 0. The third-order valence-corrected chi connectivity index (χ3v) is 4.06. The predicted molar refractivity (Wildman–Crippen MR) is 87.0 cm³/mol. The molecule has 1 aromatic carbocycles. The molecule has 0 aliphatic heterocycles. The largest absolute Gasteiger partial charge is 0.452 e. The quantitative estimate of drug-likeness (QED) is 0.831. The zero-order valence-corrected chi connectivity index (χ0v) is 13.5. The van der Waals surface area contributed by atoms with E-state index in [0.717, 1.165) is 10.4 Å². The molecule has 0 unspecified atom stereocenters. The minimum Gasteiger partial charge on any atom is -0.452 e. The zero-order valence-electron chi connectivity index (χ0n) is 12.7. The molecule has 0 atom stereocenters. The van der Waals surface area contributed by atoms with Gasteiger partial charge in [0.15, 0.2) is 6.61 Å². The first-order valence-electron chi connectivity index (χ1n) is 7.12. The monoisotopic (exact) mass is 317 g/mol. The van der Waals surface area contributed by atoms with Gasteiger partial charge in [0.05, 0.1) is 12.1 Å². The van der Waals surface area contributed by atoms with Crippen LogP contribution in [0.4, 0.5) is 0 Å². The lowest BCUT2D eigenvalue weighted by Crippen LogP contribution is -2.28. The molecular formula is C17H19NO3S. The minimum absolute atomic E-state index is 0.268. The summed E-state index contributed by atoms with van der Waals surface area (Å²) in [6.45, 7) is 4.36. The maximum absolute atomic E-state index is 11.9. The summed E-state index contributed by atoms with van der Waals surface area (Å²) in [6.07, 6.45) is 0. The van der Waals surface area contributed by atoms with Crippen LogP contribution in [0.2, 0.25) is 0 Å². The van der Waals surface area contributed by atoms with Gasteiger partial charge in [0, 0.05) is 4.88 Å². The molecule has 116 valence electrons. The average Bonchev–Trinajstić information content (AvgIpc) is 3.04. The number of carbonyl (C=O) groups excluding carboxylic acids is 2. The minimum atomic E-state index is -0.485. The van der Waals surface area contributed by atoms with Crippen LogP contribution in [0.3, 0.4) is 0 Å². The Labute approximate surface area is 134 Å². The van der Waals surface area contributed by atoms with Crippen molar-refractivity contribution in [1.82, 2.24) is 5.32 Å². The number of hydrogen-bond acceptors (Lipinski definition) is 4. The second-order valence-corrected chi connectivity index (χ2v) is 6.24. The Bertz CT molecular complexity index is 618. The molecule has 1 aromatic heterocycles. The number of thiophene rings is 1. The Morgan fingerprint density at radius 3 is 2.50 bits per heavy atom. The van der Waals surface area contributed by atoms with Gasteiger partial charge < -0.3 is 10.1 Å². The number of rotatable bonds is 6. The maximum Gasteiger partial charge on any atom is 0.338 e. The number of amides is 1. The number of esters is 1. The van der Waals surface area contributed by atoms with E-state index < -0.39 is 5.97 Å². The van der Waals surface area contributed by atoms with E-state index in [2.05, 4.69) is 19.2 Å². The molecule has 4 nitrogen and oxygen atoms in total.